The number of halogens is 3. The second-order valence-corrected chi connectivity index (χ2v) is 2.93. The Balaban J connectivity index is 3.04. The highest BCUT2D eigenvalue weighted by Crippen LogP contribution is 2.21. The number of aromatic nitrogens is 3. The topological polar surface area (TPSA) is 63.2 Å². The van der Waals surface area contributed by atoms with E-state index in [1.807, 2.05) is 0 Å². The van der Waals surface area contributed by atoms with Crippen molar-refractivity contribution in [2.24, 2.45) is 0 Å². The van der Waals surface area contributed by atoms with Crippen molar-refractivity contribution < 1.29 is 17.9 Å². The Kier molecular flexibility index (Phi) is 3.35. The van der Waals surface area contributed by atoms with E-state index in [1.54, 1.807) is 14.1 Å². The Bertz CT molecular complexity index is 368. The minimum absolute atomic E-state index is 0.00190. The summed E-state index contributed by atoms with van der Waals surface area (Å²) in [6.45, 7) is 0. The predicted octanol–water partition coefficient (Wildman–Crippen LogP) is 0.878. The Morgan fingerprint density at radius 2 is 1.81 bits per heavy atom. The molecule has 0 aliphatic heterocycles. The van der Waals surface area contributed by atoms with Gasteiger partial charge in [0.15, 0.2) is 0 Å². The number of nitrogens with one attached hydrogen (secondary N) is 1. The molecule has 1 N–H and O–H groups in total. The lowest BCUT2D eigenvalue weighted by molar-refractivity contribution is -0.277. The monoisotopic (exact) mass is 237 g/mol. The van der Waals surface area contributed by atoms with E-state index in [0.717, 1.165) is 0 Å². The van der Waals surface area contributed by atoms with Crippen LogP contribution in [0.2, 0.25) is 0 Å². The van der Waals surface area contributed by atoms with Crippen molar-refractivity contribution in [1.29, 1.82) is 0 Å². The summed E-state index contributed by atoms with van der Waals surface area (Å²) in [5.74, 6) is 0.0663. The summed E-state index contributed by atoms with van der Waals surface area (Å²) in [6.07, 6.45) is -4.82. The molecule has 0 aliphatic carbocycles. The van der Waals surface area contributed by atoms with Crippen LogP contribution in [0.25, 0.3) is 0 Å². The van der Waals surface area contributed by atoms with Gasteiger partial charge in [0.1, 0.15) is 0 Å². The molecule has 0 radical (unpaired) electrons. The number of anilines is 2. The molecule has 1 aromatic heterocycles. The molecule has 90 valence electrons. The third-order valence-electron chi connectivity index (χ3n) is 1.43. The van der Waals surface area contributed by atoms with Gasteiger partial charge in [-0.25, -0.2) is 0 Å². The zero-order valence-electron chi connectivity index (χ0n) is 8.83. The van der Waals surface area contributed by atoms with Crippen molar-refractivity contribution in [1.82, 2.24) is 15.0 Å². The predicted molar refractivity (Wildman–Crippen MR) is 50.4 cm³/mol. The van der Waals surface area contributed by atoms with E-state index in [4.69, 9.17) is 0 Å². The number of alkyl halides is 3. The maximum atomic E-state index is 12.0. The van der Waals surface area contributed by atoms with Crippen LogP contribution in [0.5, 0.6) is 6.01 Å². The van der Waals surface area contributed by atoms with Gasteiger partial charge in [0, 0.05) is 21.1 Å². The summed E-state index contributed by atoms with van der Waals surface area (Å²) in [6, 6.07) is -0.796. The van der Waals surface area contributed by atoms with Gasteiger partial charge >= 0.3 is 12.4 Å². The lowest BCUT2D eigenvalue weighted by Crippen LogP contribution is -2.21. The Hall–Kier alpha value is -1.80. The molecule has 0 saturated carbocycles. The van der Waals surface area contributed by atoms with Crippen LogP contribution in [0.3, 0.4) is 0 Å². The molecule has 1 aromatic rings. The molecular formula is C7H10F3N5O. The van der Waals surface area contributed by atoms with E-state index >= 15 is 0 Å². The summed E-state index contributed by atoms with van der Waals surface area (Å²) < 4.78 is 39.5. The van der Waals surface area contributed by atoms with Gasteiger partial charge in [-0.2, -0.15) is 15.0 Å². The summed E-state index contributed by atoms with van der Waals surface area (Å²) >= 11 is 0. The van der Waals surface area contributed by atoms with E-state index in [9.17, 15) is 13.2 Å². The molecule has 0 aliphatic rings. The molecule has 9 heteroatoms. The maximum Gasteiger partial charge on any atom is 0.575 e. The number of nitrogens with zero attached hydrogens (tertiary/aromatic N) is 4. The van der Waals surface area contributed by atoms with Crippen LogP contribution >= 0.6 is 0 Å². The Morgan fingerprint density at radius 3 is 2.25 bits per heavy atom. The summed E-state index contributed by atoms with van der Waals surface area (Å²) in [7, 11) is 4.66. The third-order valence-corrected chi connectivity index (χ3v) is 1.43. The van der Waals surface area contributed by atoms with Crippen molar-refractivity contribution in [3.63, 3.8) is 0 Å². The molecule has 0 atom stereocenters. The third kappa shape index (κ3) is 3.41. The lowest BCUT2D eigenvalue weighted by atomic mass is 10.7. The molecule has 0 aromatic carbocycles. The average molecular weight is 237 g/mol. The van der Waals surface area contributed by atoms with Crippen LogP contribution in [0.1, 0.15) is 0 Å². The maximum absolute atomic E-state index is 12.0. The fourth-order valence-electron chi connectivity index (χ4n) is 0.807. The minimum atomic E-state index is -4.82. The zero-order chi connectivity index (χ0) is 12.3. The first-order valence-electron chi connectivity index (χ1n) is 4.18. The van der Waals surface area contributed by atoms with Gasteiger partial charge in [0.05, 0.1) is 0 Å². The number of ether oxygens (including phenoxy) is 1. The van der Waals surface area contributed by atoms with Crippen LogP contribution in [-0.4, -0.2) is 42.5 Å². The highest BCUT2D eigenvalue weighted by Gasteiger charge is 2.33. The molecular weight excluding hydrogens is 227 g/mol. The Morgan fingerprint density at radius 1 is 1.19 bits per heavy atom. The van der Waals surface area contributed by atoms with Crippen LogP contribution in [0.15, 0.2) is 0 Å². The number of hydrogen-bond acceptors (Lipinski definition) is 6. The van der Waals surface area contributed by atoms with Crippen LogP contribution in [0, 0.1) is 0 Å². The van der Waals surface area contributed by atoms with Gasteiger partial charge in [-0.15, -0.1) is 13.2 Å². The largest absolute Gasteiger partial charge is 0.575 e. The van der Waals surface area contributed by atoms with Gasteiger partial charge in [0.2, 0.25) is 11.9 Å². The summed E-state index contributed by atoms with van der Waals surface area (Å²) in [5.41, 5.74) is 0. The van der Waals surface area contributed by atoms with Crippen LogP contribution in [-0.2, 0) is 0 Å². The molecule has 0 amide bonds. The highest BCUT2D eigenvalue weighted by atomic mass is 19.4. The van der Waals surface area contributed by atoms with E-state index in [0.29, 0.717) is 0 Å². The fourth-order valence-corrected chi connectivity index (χ4v) is 0.807. The second-order valence-electron chi connectivity index (χ2n) is 2.93. The van der Waals surface area contributed by atoms with Crippen molar-refractivity contribution in [2.45, 2.75) is 6.36 Å². The highest BCUT2D eigenvalue weighted by molar-refractivity contribution is 5.36. The quantitative estimate of drug-likeness (QED) is 0.841. The van der Waals surface area contributed by atoms with Gasteiger partial charge in [-0.05, 0) is 0 Å². The standard InChI is InChI=1S/C7H10F3N5O/c1-11-4-12-5(15(2)3)14-6(13-4)16-7(8,9)10/h1-3H3,(H,11,12,13,14). The van der Waals surface area contributed by atoms with Crippen molar-refractivity contribution in [3.05, 3.63) is 0 Å². The fraction of sp³-hybridized carbons (Fsp3) is 0.571. The van der Waals surface area contributed by atoms with Crippen molar-refractivity contribution in [3.8, 4) is 6.01 Å². The van der Waals surface area contributed by atoms with Gasteiger partial charge in [-0.1, -0.05) is 0 Å². The van der Waals surface area contributed by atoms with Gasteiger partial charge < -0.3 is 15.0 Å². The molecule has 0 saturated heterocycles. The molecule has 6 nitrogen and oxygen atoms in total. The second kappa shape index (κ2) is 4.37. The summed E-state index contributed by atoms with van der Waals surface area (Å²) in [4.78, 5) is 12.2. The first-order chi connectivity index (χ1) is 7.31. The van der Waals surface area contributed by atoms with Crippen molar-refractivity contribution >= 4 is 11.9 Å². The Labute approximate surface area is 89.5 Å². The van der Waals surface area contributed by atoms with Crippen molar-refractivity contribution in [2.75, 3.05) is 31.4 Å². The van der Waals surface area contributed by atoms with E-state index in [1.165, 1.54) is 11.9 Å². The number of hydrogen-bond donors (Lipinski definition) is 1. The molecule has 0 unspecified atom stereocenters. The van der Waals surface area contributed by atoms with E-state index in [2.05, 4.69) is 25.0 Å². The molecule has 1 rings (SSSR count). The normalized spacial score (nSPS) is 11.1. The SMILES string of the molecule is CNc1nc(OC(F)(F)F)nc(N(C)C)n1. The summed E-state index contributed by atoms with van der Waals surface area (Å²) in [5, 5.41) is 2.51. The molecule has 0 fully saturated rings. The minimum Gasteiger partial charge on any atom is -0.370 e. The number of rotatable bonds is 3. The molecule has 0 spiro atoms. The molecule has 16 heavy (non-hydrogen) atoms. The van der Waals surface area contributed by atoms with Gasteiger partial charge in [-0.3, -0.25) is 0 Å². The first kappa shape index (κ1) is 12.3. The lowest BCUT2D eigenvalue weighted by Gasteiger charge is -2.13. The van der Waals surface area contributed by atoms with E-state index < -0.39 is 12.4 Å². The molecule has 1 heterocycles. The van der Waals surface area contributed by atoms with Gasteiger partial charge in [0.25, 0.3) is 0 Å². The average Bonchev–Trinajstić information content (AvgIpc) is 2.14. The smallest absolute Gasteiger partial charge is 0.370 e. The first-order valence-corrected chi connectivity index (χ1v) is 4.18. The van der Waals surface area contributed by atoms with Crippen LogP contribution < -0.4 is 15.0 Å². The zero-order valence-corrected chi connectivity index (χ0v) is 8.83. The molecule has 0 bridgehead atoms. The van der Waals surface area contributed by atoms with Crippen LogP contribution in [0.4, 0.5) is 25.1 Å². The van der Waals surface area contributed by atoms with E-state index in [-0.39, 0.29) is 11.9 Å².